The monoisotopic (exact) mass is 198 g/mol. The average Bonchev–Trinajstić information content (AvgIpc) is 1.95. The van der Waals surface area contributed by atoms with E-state index in [2.05, 4.69) is 4.52 Å². The van der Waals surface area contributed by atoms with E-state index >= 15 is 0 Å². The molecular formula is C6H15O5P. The summed E-state index contributed by atoms with van der Waals surface area (Å²) in [5.41, 5.74) is 0. The van der Waals surface area contributed by atoms with E-state index in [-0.39, 0.29) is 6.61 Å². The van der Waals surface area contributed by atoms with Gasteiger partial charge in [-0.3, -0.25) is 4.52 Å². The SMILES string of the molecule is CCCCC(CO)OP(=O)(O)O. The molecule has 0 rings (SSSR count). The molecule has 0 fully saturated rings. The molecule has 6 heteroatoms. The fraction of sp³-hybridized carbons (Fsp3) is 1.00. The van der Waals surface area contributed by atoms with Gasteiger partial charge in [0, 0.05) is 0 Å². The number of phosphoric ester groups is 1. The minimum Gasteiger partial charge on any atom is -0.394 e. The van der Waals surface area contributed by atoms with E-state index < -0.39 is 13.9 Å². The van der Waals surface area contributed by atoms with Crippen molar-refractivity contribution in [3.63, 3.8) is 0 Å². The zero-order valence-electron chi connectivity index (χ0n) is 7.01. The summed E-state index contributed by atoms with van der Waals surface area (Å²) in [7, 11) is -4.44. The Kier molecular flexibility index (Phi) is 5.70. The van der Waals surface area contributed by atoms with Crippen molar-refractivity contribution in [2.24, 2.45) is 0 Å². The van der Waals surface area contributed by atoms with Crippen molar-refractivity contribution in [1.29, 1.82) is 0 Å². The van der Waals surface area contributed by atoms with E-state index in [1.807, 2.05) is 6.92 Å². The lowest BCUT2D eigenvalue weighted by Gasteiger charge is -2.14. The topological polar surface area (TPSA) is 87.0 Å². The van der Waals surface area contributed by atoms with Crippen LogP contribution in [0.3, 0.4) is 0 Å². The zero-order valence-corrected chi connectivity index (χ0v) is 7.91. The van der Waals surface area contributed by atoms with Crippen molar-refractivity contribution in [1.82, 2.24) is 0 Å². The van der Waals surface area contributed by atoms with E-state index in [1.165, 1.54) is 0 Å². The first kappa shape index (κ1) is 12.1. The molecule has 1 unspecified atom stereocenters. The van der Waals surface area contributed by atoms with Crippen LogP contribution >= 0.6 is 7.82 Å². The molecule has 0 radical (unpaired) electrons. The van der Waals surface area contributed by atoms with Crippen LogP contribution in [0, 0.1) is 0 Å². The van der Waals surface area contributed by atoms with Crippen molar-refractivity contribution in [3.05, 3.63) is 0 Å². The summed E-state index contributed by atoms with van der Waals surface area (Å²) in [5, 5.41) is 8.65. The van der Waals surface area contributed by atoms with Crippen LogP contribution in [0.25, 0.3) is 0 Å². The molecule has 5 nitrogen and oxygen atoms in total. The van der Waals surface area contributed by atoms with Gasteiger partial charge in [-0.05, 0) is 6.42 Å². The Labute approximate surface area is 71.6 Å². The van der Waals surface area contributed by atoms with Crippen molar-refractivity contribution in [2.45, 2.75) is 32.3 Å². The number of rotatable bonds is 6. The molecule has 0 aliphatic carbocycles. The van der Waals surface area contributed by atoms with Gasteiger partial charge in [-0.15, -0.1) is 0 Å². The third-order valence-corrected chi connectivity index (χ3v) is 1.94. The summed E-state index contributed by atoms with van der Waals surface area (Å²) in [4.78, 5) is 16.8. The van der Waals surface area contributed by atoms with Crippen molar-refractivity contribution in [3.8, 4) is 0 Å². The number of unbranched alkanes of at least 4 members (excludes halogenated alkanes) is 1. The first-order chi connectivity index (χ1) is 5.49. The maximum Gasteiger partial charge on any atom is 0.469 e. The van der Waals surface area contributed by atoms with Gasteiger partial charge in [0.1, 0.15) is 0 Å². The average molecular weight is 198 g/mol. The number of aliphatic hydroxyl groups excluding tert-OH is 1. The highest BCUT2D eigenvalue weighted by atomic mass is 31.2. The molecule has 0 spiro atoms. The number of hydrogen-bond donors (Lipinski definition) is 3. The van der Waals surface area contributed by atoms with E-state index in [9.17, 15) is 4.57 Å². The smallest absolute Gasteiger partial charge is 0.394 e. The molecule has 0 aromatic carbocycles. The van der Waals surface area contributed by atoms with Crippen LogP contribution in [0.15, 0.2) is 0 Å². The molecule has 1 atom stereocenters. The second kappa shape index (κ2) is 5.67. The molecule has 0 heterocycles. The summed E-state index contributed by atoms with van der Waals surface area (Å²) in [6, 6.07) is 0. The summed E-state index contributed by atoms with van der Waals surface area (Å²) in [6.07, 6.45) is 1.41. The molecule has 0 aliphatic rings. The van der Waals surface area contributed by atoms with E-state index in [4.69, 9.17) is 14.9 Å². The minimum atomic E-state index is -4.44. The van der Waals surface area contributed by atoms with Crippen molar-refractivity contribution in [2.75, 3.05) is 6.61 Å². The lowest BCUT2D eigenvalue weighted by Crippen LogP contribution is -2.15. The molecule has 0 saturated carbocycles. The lowest BCUT2D eigenvalue weighted by atomic mass is 10.2. The molecule has 0 bridgehead atoms. The molecular weight excluding hydrogens is 183 g/mol. The Balaban J connectivity index is 3.75. The quantitative estimate of drug-likeness (QED) is 0.545. The highest BCUT2D eigenvalue weighted by Crippen LogP contribution is 2.38. The maximum absolute atomic E-state index is 10.3. The molecule has 3 N–H and O–H groups in total. The first-order valence-corrected chi connectivity index (χ1v) is 5.37. The first-order valence-electron chi connectivity index (χ1n) is 3.84. The van der Waals surface area contributed by atoms with Gasteiger partial charge < -0.3 is 14.9 Å². The van der Waals surface area contributed by atoms with Crippen molar-refractivity contribution >= 4 is 7.82 Å². The Morgan fingerprint density at radius 1 is 1.50 bits per heavy atom. The van der Waals surface area contributed by atoms with Crippen LogP contribution in [-0.4, -0.2) is 27.6 Å². The number of phosphoric acid groups is 1. The molecule has 74 valence electrons. The standard InChI is InChI=1S/C6H15O5P/c1-2-3-4-6(5-7)11-12(8,9)10/h6-7H,2-5H2,1H3,(H2,8,9,10). The highest BCUT2D eigenvalue weighted by Gasteiger charge is 2.20. The molecule has 0 aromatic heterocycles. The maximum atomic E-state index is 10.3. The van der Waals surface area contributed by atoms with Gasteiger partial charge in [0.15, 0.2) is 0 Å². The van der Waals surface area contributed by atoms with E-state index in [1.54, 1.807) is 0 Å². The Bertz CT molecular complexity index is 154. The molecule has 0 aromatic rings. The predicted octanol–water partition coefficient (Wildman–Crippen LogP) is 0.647. The van der Waals surface area contributed by atoms with Gasteiger partial charge in [0.2, 0.25) is 0 Å². The van der Waals surface area contributed by atoms with E-state index in [0.717, 1.165) is 12.8 Å². The predicted molar refractivity (Wildman–Crippen MR) is 43.5 cm³/mol. The van der Waals surface area contributed by atoms with Crippen LogP contribution in [0.2, 0.25) is 0 Å². The molecule has 0 amide bonds. The van der Waals surface area contributed by atoms with Crippen LogP contribution < -0.4 is 0 Å². The summed E-state index contributed by atoms with van der Waals surface area (Å²) in [5.74, 6) is 0. The van der Waals surface area contributed by atoms with Gasteiger partial charge in [-0.25, -0.2) is 4.57 Å². The third kappa shape index (κ3) is 6.76. The van der Waals surface area contributed by atoms with E-state index in [0.29, 0.717) is 6.42 Å². The highest BCUT2D eigenvalue weighted by molar-refractivity contribution is 7.46. The third-order valence-electron chi connectivity index (χ3n) is 1.37. The zero-order chi connectivity index (χ0) is 9.61. The number of aliphatic hydroxyl groups is 1. The Morgan fingerprint density at radius 3 is 2.42 bits per heavy atom. The minimum absolute atomic E-state index is 0.356. The molecule has 0 saturated heterocycles. The van der Waals surface area contributed by atoms with Gasteiger partial charge in [-0.1, -0.05) is 19.8 Å². The molecule has 0 aliphatic heterocycles. The van der Waals surface area contributed by atoms with Gasteiger partial charge in [0.25, 0.3) is 0 Å². The summed E-state index contributed by atoms with van der Waals surface area (Å²) < 4.78 is 14.6. The van der Waals surface area contributed by atoms with Crippen LogP contribution in [0.5, 0.6) is 0 Å². The molecule has 12 heavy (non-hydrogen) atoms. The van der Waals surface area contributed by atoms with Gasteiger partial charge >= 0.3 is 7.82 Å². The fourth-order valence-electron chi connectivity index (χ4n) is 0.803. The second-order valence-corrected chi connectivity index (χ2v) is 3.73. The van der Waals surface area contributed by atoms with Crippen LogP contribution in [-0.2, 0) is 9.09 Å². The van der Waals surface area contributed by atoms with Gasteiger partial charge in [-0.2, -0.15) is 0 Å². The van der Waals surface area contributed by atoms with Crippen LogP contribution in [0.4, 0.5) is 0 Å². The largest absolute Gasteiger partial charge is 0.469 e. The lowest BCUT2D eigenvalue weighted by molar-refractivity contribution is 0.0733. The number of hydrogen-bond acceptors (Lipinski definition) is 3. The van der Waals surface area contributed by atoms with Crippen molar-refractivity contribution < 1.29 is 24.0 Å². The Morgan fingerprint density at radius 2 is 2.08 bits per heavy atom. The fourth-order valence-corrected chi connectivity index (χ4v) is 1.36. The normalized spacial score (nSPS) is 14.7. The second-order valence-electron chi connectivity index (χ2n) is 2.54. The summed E-state index contributed by atoms with van der Waals surface area (Å²) in [6.45, 7) is 1.59. The summed E-state index contributed by atoms with van der Waals surface area (Å²) >= 11 is 0. The Hall–Kier alpha value is 0.0700. The van der Waals surface area contributed by atoms with Crippen LogP contribution in [0.1, 0.15) is 26.2 Å². The van der Waals surface area contributed by atoms with Gasteiger partial charge in [0.05, 0.1) is 12.7 Å².